The van der Waals surface area contributed by atoms with E-state index in [0.29, 0.717) is 13.0 Å². The van der Waals surface area contributed by atoms with Crippen molar-refractivity contribution in [3.05, 3.63) is 47.4 Å². The minimum absolute atomic E-state index is 0.152. The third-order valence-electron chi connectivity index (χ3n) is 3.29. The summed E-state index contributed by atoms with van der Waals surface area (Å²) in [5.41, 5.74) is 1.18. The van der Waals surface area contributed by atoms with Crippen molar-refractivity contribution in [1.82, 2.24) is 20.4 Å². The van der Waals surface area contributed by atoms with E-state index in [-0.39, 0.29) is 29.7 Å². The Morgan fingerprint density at radius 3 is 2.62 bits per heavy atom. The van der Waals surface area contributed by atoms with Gasteiger partial charge in [-0.05, 0) is 24.1 Å². The third kappa shape index (κ3) is 4.80. The van der Waals surface area contributed by atoms with Gasteiger partial charge >= 0.3 is 0 Å². The number of carbonyl (C=O) groups is 2. The van der Waals surface area contributed by atoms with Gasteiger partial charge in [0.15, 0.2) is 0 Å². The molecule has 2 aromatic rings. The first-order chi connectivity index (χ1) is 11.5. The molecule has 0 atom stereocenters. The number of aromatic nitrogens is 2. The summed E-state index contributed by atoms with van der Waals surface area (Å²) in [5, 5.41) is 9.17. The number of hydrogen-bond donors (Lipinski definition) is 2. The molecule has 0 fully saturated rings. The van der Waals surface area contributed by atoms with Crippen LogP contribution in [0.1, 0.15) is 15.9 Å². The van der Waals surface area contributed by atoms with Gasteiger partial charge in [0.2, 0.25) is 11.8 Å². The van der Waals surface area contributed by atoms with E-state index in [4.69, 9.17) is 4.74 Å². The number of hydrogen-bond acceptors (Lipinski definition) is 4. The predicted octanol–water partition coefficient (Wildman–Crippen LogP) is 0.657. The fraction of sp³-hybridized carbons (Fsp3) is 0.312. The summed E-state index contributed by atoms with van der Waals surface area (Å²) in [6.45, 7) is 0.247. The number of benzene rings is 1. The van der Waals surface area contributed by atoms with Crippen LogP contribution < -0.4 is 15.4 Å². The summed E-state index contributed by atoms with van der Waals surface area (Å²) >= 11 is 0. The lowest BCUT2D eigenvalue weighted by molar-refractivity contribution is -0.120. The number of rotatable bonds is 7. The van der Waals surface area contributed by atoms with Crippen molar-refractivity contribution in [1.29, 1.82) is 0 Å². The number of nitrogens with one attached hydrogen (secondary N) is 2. The van der Waals surface area contributed by atoms with Crippen molar-refractivity contribution >= 4 is 11.8 Å². The topological polar surface area (TPSA) is 85.2 Å². The lowest BCUT2D eigenvalue weighted by Gasteiger charge is -2.07. The number of aryl methyl sites for hydroxylation is 1. The zero-order valence-electron chi connectivity index (χ0n) is 13.5. The van der Waals surface area contributed by atoms with Crippen LogP contribution in [0.15, 0.2) is 30.5 Å². The monoisotopic (exact) mass is 334 g/mol. The molecule has 2 amide bonds. The highest BCUT2D eigenvalue weighted by molar-refractivity contribution is 5.98. The molecular weight excluding hydrogens is 315 g/mol. The van der Waals surface area contributed by atoms with Crippen LogP contribution in [-0.4, -0.2) is 41.8 Å². The molecule has 2 N–H and O–H groups in total. The van der Waals surface area contributed by atoms with Crippen LogP contribution in [0.25, 0.3) is 0 Å². The first-order valence-electron chi connectivity index (χ1n) is 7.36. The second-order valence-electron chi connectivity index (χ2n) is 5.13. The van der Waals surface area contributed by atoms with Crippen molar-refractivity contribution in [2.24, 2.45) is 7.05 Å². The number of amides is 2. The zero-order chi connectivity index (χ0) is 17.5. The highest BCUT2D eigenvalue weighted by Gasteiger charge is 2.16. The Bertz CT molecular complexity index is 713. The summed E-state index contributed by atoms with van der Waals surface area (Å²) in [6, 6.07) is 6.08. The van der Waals surface area contributed by atoms with Gasteiger partial charge in [0.05, 0.1) is 13.7 Å². The Balaban J connectivity index is 1.74. The molecule has 0 bridgehead atoms. The Morgan fingerprint density at radius 1 is 1.25 bits per heavy atom. The minimum atomic E-state index is -0.436. The van der Waals surface area contributed by atoms with Crippen LogP contribution in [0, 0.1) is 5.82 Å². The Hall–Kier alpha value is -2.90. The van der Waals surface area contributed by atoms with Crippen molar-refractivity contribution in [3.8, 4) is 5.88 Å². The molecule has 1 aromatic heterocycles. The fourth-order valence-corrected chi connectivity index (χ4v) is 2.09. The van der Waals surface area contributed by atoms with Gasteiger partial charge in [-0.15, -0.1) is 5.10 Å². The molecule has 8 heteroatoms. The van der Waals surface area contributed by atoms with Gasteiger partial charge in [-0.25, -0.2) is 4.39 Å². The van der Waals surface area contributed by atoms with E-state index in [1.165, 1.54) is 30.1 Å². The maximum atomic E-state index is 12.8. The maximum Gasteiger partial charge on any atom is 0.258 e. The number of halogens is 1. The van der Waals surface area contributed by atoms with Crippen LogP contribution in [-0.2, 0) is 18.3 Å². The van der Waals surface area contributed by atoms with E-state index in [1.54, 1.807) is 19.2 Å². The van der Waals surface area contributed by atoms with Crippen LogP contribution in [0.2, 0.25) is 0 Å². The van der Waals surface area contributed by atoms with Crippen molar-refractivity contribution < 1.29 is 18.7 Å². The molecule has 128 valence electrons. The lowest BCUT2D eigenvalue weighted by atomic mass is 10.1. The van der Waals surface area contributed by atoms with Gasteiger partial charge in [-0.1, -0.05) is 12.1 Å². The average molecular weight is 334 g/mol. The van der Waals surface area contributed by atoms with Gasteiger partial charge < -0.3 is 15.4 Å². The second-order valence-corrected chi connectivity index (χ2v) is 5.13. The standard InChI is InChI=1S/C16H19FN4O3/c1-21-10-13(16(20-21)24-2)15(23)19-9-14(22)18-8-7-11-3-5-12(17)6-4-11/h3-6,10H,7-9H2,1-2H3,(H,18,22)(H,19,23). The zero-order valence-corrected chi connectivity index (χ0v) is 13.5. The number of nitrogens with zero attached hydrogens (tertiary/aromatic N) is 2. The average Bonchev–Trinajstić information content (AvgIpc) is 2.95. The van der Waals surface area contributed by atoms with E-state index >= 15 is 0 Å². The summed E-state index contributed by atoms with van der Waals surface area (Å²) in [4.78, 5) is 23.8. The lowest BCUT2D eigenvalue weighted by Crippen LogP contribution is -2.37. The van der Waals surface area contributed by atoms with Gasteiger partial charge in [-0.2, -0.15) is 0 Å². The van der Waals surface area contributed by atoms with Crippen LogP contribution in [0.5, 0.6) is 5.88 Å². The normalized spacial score (nSPS) is 10.3. The van der Waals surface area contributed by atoms with E-state index in [9.17, 15) is 14.0 Å². The molecule has 0 saturated carbocycles. The SMILES string of the molecule is COc1nn(C)cc1C(=O)NCC(=O)NCCc1ccc(F)cc1. The molecule has 1 aromatic carbocycles. The summed E-state index contributed by atoms with van der Waals surface area (Å²) < 4.78 is 19.2. The van der Waals surface area contributed by atoms with Gasteiger partial charge in [-0.3, -0.25) is 14.3 Å². The highest BCUT2D eigenvalue weighted by Crippen LogP contribution is 2.13. The molecule has 2 rings (SSSR count). The molecule has 0 radical (unpaired) electrons. The van der Waals surface area contributed by atoms with E-state index in [0.717, 1.165) is 5.56 Å². The summed E-state index contributed by atoms with van der Waals surface area (Å²) in [5.74, 6) is -0.843. The largest absolute Gasteiger partial charge is 0.479 e. The van der Waals surface area contributed by atoms with Crippen molar-refractivity contribution in [2.45, 2.75) is 6.42 Å². The molecule has 0 saturated heterocycles. The van der Waals surface area contributed by atoms with Gasteiger partial charge in [0.25, 0.3) is 5.91 Å². The molecule has 0 aliphatic heterocycles. The maximum absolute atomic E-state index is 12.8. The molecule has 24 heavy (non-hydrogen) atoms. The Kier molecular flexibility index (Phi) is 5.89. The highest BCUT2D eigenvalue weighted by atomic mass is 19.1. The molecule has 0 aliphatic rings. The van der Waals surface area contributed by atoms with E-state index in [1.807, 2.05) is 0 Å². The number of carbonyl (C=O) groups excluding carboxylic acids is 2. The first-order valence-corrected chi connectivity index (χ1v) is 7.36. The first kappa shape index (κ1) is 17.5. The van der Waals surface area contributed by atoms with Crippen LogP contribution >= 0.6 is 0 Å². The smallest absolute Gasteiger partial charge is 0.258 e. The molecule has 0 unspecified atom stereocenters. The molecular formula is C16H19FN4O3. The van der Waals surface area contributed by atoms with E-state index in [2.05, 4.69) is 15.7 Å². The molecule has 1 heterocycles. The molecule has 7 nitrogen and oxygen atoms in total. The van der Waals surface area contributed by atoms with Gasteiger partial charge in [0, 0.05) is 19.8 Å². The number of methoxy groups -OCH3 is 1. The summed E-state index contributed by atoms with van der Waals surface area (Å²) in [6.07, 6.45) is 2.09. The van der Waals surface area contributed by atoms with Crippen molar-refractivity contribution in [2.75, 3.05) is 20.2 Å². The third-order valence-corrected chi connectivity index (χ3v) is 3.29. The fourth-order valence-electron chi connectivity index (χ4n) is 2.09. The van der Waals surface area contributed by atoms with Gasteiger partial charge in [0.1, 0.15) is 11.4 Å². The molecule has 0 aliphatic carbocycles. The summed E-state index contributed by atoms with van der Waals surface area (Å²) in [7, 11) is 3.09. The molecule has 0 spiro atoms. The van der Waals surface area contributed by atoms with Crippen molar-refractivity contribution in [3.63, 3.8) is 0 Å². The number of ether oxygens (including phenoxy) is 1. The second kappa shape index (κ2) is 8.09. The Morgan fingerprint density at radius 2 is 1.96 bits per heavy atom. The predicted molar refractivity (Wildman–Crippen MR) is 85.2 cm³/mol. The minimum Gasteiger partial charge on any atom is -0.479 e. The van der Waals surface area contributed by atoms with E-state index < -0.39 is 5.91 Å². The van der Waals surface area contributed by atoms with Crippen LogP contribution in [0.4, 0.5) is 4.39 Å². The Labute approximate surface area is 138 Å². The van der Waals surface area contributed by atoms with Crippen LogP contribution in [0.3, 0.4) is 0 Å². The quantitative estimate of drug-likeness (QED) is 0.779.